The lowest BCUT2D eigenvalue weighted by Crippen LogP contribution is -2.60. The highest BCUT2D eigenvalue weighted by Crippen LogP contribution is 2.58. The number of nitrogens with zero attached hydrogens (tertiary/aromatic N) is 1. The van der Waals surface area contributed by atoms with E-state index < -0.39 is 48.1 Å². The monoisotopic (exact) mass is 862 g/mol. The minimum Gasteiger partial charge on any atom is -0.439 e. The Morgan fingerprint density at radius 2 is 1.63 bits per heavy atom. The highest BCUT2D eigenvalue weighted by atomic mass is 16.6. The zero-order chi connectivity index (χ0) is 45.0. The standard InChI is InChI=1S/C51H66N4O8/c1-30-18-40-45(53-16-17-55(29-34-14-15-38-11-7-8-12-39(38)24-34)51-26-35-21-36(27-51)23-37(22-35)28-51)42(56)25-41(47(40)58)54-49(59)31(2)10-9-13-43(61-5)48(63-50(52)60)33(4)20-32(3)46(57)44(19-30)62-6/h7-15,20,24-25,30,32,35-37,43-44,46,48,53,57H,16-19,21-23,26-29H2,1-6H3,(H2,52,60)(H,54,59)/b13-9-,31-10+,33-20+/t30-,32+,35?,36?,37?,43+,44+,46-,48+,51?/m1/s1. The largest absolute Gasteiger partial charge is 0.439 e. The van der Waals surface area contributed by atoms with Crippen LogP contribution < -0.4 is 16.4 Å². The second-order valence-electron chi connectivity index (χ2n) is 19.1. The molecule has 6 bridgehead atoms. The summed E-state index contributed by atoms with van der Waals surface area (Å²) in [7, 11) is 2.99. The average Bonchev–Trinajstić information content (AvgIpc) is 3.24. The molecular weight excluding hydrogens is 797 g/mol. The van der Waals surface area contributed by atoms with Crippen LogP contribution in [0.5, 0.6) is 0 Å². The summed E-state index contributed by atoms with van der Waals surface area (Å²) in [6, 6.07) is 15.2. The lowest BCUT2D eigenvalue weighted by Gasteiger charge is -2.60. The summed E-state index contributed by atoms with van der Waals surface area (Å²) in [6.45, 7) is 9.10. The van der Waals surface area contributed by atoms with Crippen molar-refractivity contribution >= 4 is 34.3 Å². The highest BCUT2D eigenvalue weighted by Gasteiger charge is 2.53. The SMILES string of the molecule is CO[C@H]1/C=C\C=C(/C)C(=O)NC2=CC(=O)C(NCCN(Cc3ccc4ccccc4c3)C34CC5CC(CC(C5)C3)C4)=C(C[C@@H](C)C[C@H](OC)[C@H](O)[C@@H](C)/C=C(\C)[C@@H]1OC(N)=O)C2=O. The van der Waals surface area contributed by atoms with Gasteiger partial charge in [0.05, 0.1) is 23.6 Å². The Hall–Kier alpha value is -4.88. The van der Waals surface area contributed by atoms with Gasteiger partial charge in [0.25, 0.3) is 5.91 Å². The zero-order valence-electron chi connectivity index (χ0n) is 37.7. The molecule has 12 heteroatoms. The third kappa shape index (κ3) is 10.6. The van der Waals surface area contributed by atoms with Crippen LogP contribution >= 0.6 is 0 Å². The number of amides is 2. The van der Waals surface area contributed by atoms with Gasteiger partial charge in [-0.25, -0.2) is 4.79 Å². The van der Waals surface area contributed by atoms with Crippen LogP contribution in [0.3, 0.4) is 0 Å². The number of Topliss-reactive ketones (excluding diaryl/α,β-unsaturated/α-hetero) is 1. The minimum absolute atomic E-state index is 0.0960. The maximum Gasteiger partial charge on any atom is 0.405 e. The number of primary amides is 1. The molecule has 63 heavy (non-hydrogen) atoms. The molecular formula is C51H66N4O8. The number of rotatable bonds is 10. The van der Waals surface area contributed by atoms with Crippen molar-refractivity contribution in [3.05, 3.63) is 107 Å². The van der Waals surface area contributed by atoms with Gasteiger partial charge in [-0.15, -0.1) is 0 Å². The molecule has 8 rings (SSSR count). The van der Waals surface area contributed by atoms with E-state index in [2.05, 4.69) is 58.0 Å². The van der Waals surface area contributed by atoms with Crippen LogP contribution in [-0.2, 0) is 35.1 Å². The van der Waals surface area contributed by atoms with E-state index in [1.54, 1.807) is 38.2 Å². The van der Waals surface area contributed by atoms with Crippen LogP contribution in [0.25, 0.3) is 10.8 Å². The van der Waals surface area contributed by atoms with Gasteiger partial charge in [0, 0.05) is 62.5 Å². The second-order valence-corrected chi connectivity index (χ2v) is 19.1. The molecule has 0 unspecified atom stereocenters. The Kier molecular flexibility index (Phi) is 14.6. The van der Waals surface area contributed by atoms with Gasteiger partial charge in [-0.3, -0.25) is 19.3 Å². The van der Waals surface area contributed by atoms with Crippen molar-refractivity contribution in [1.29, 1.82) is 0 Å². The number of benzene rings is 2. The Morgan fingerprint density at radius 3 is 2.29 bits per heavy atom. The lowest BCUT2D eigenvalue weighted by atomic mass is 9.52. The van der Waals surface area contributed by atoms with Crippen LogP contribution in [0, 0.1) is 29.6 Å². The number of aliphatic hydroxyl groups excluding tert-OH is 1. The number of aliphatic hydroxyl groups is 1. The van der Waals surface area contributed by atoms with Crippen LogP contribution in [-0.4, -0.2) is 90.8 Å². The molecule has 5 aliphatic carbocycles. The first kappa shape index (κ1) is 46.1. The van der Waals surface area contributed by atoms with Gasteiger partial charge in [0.2, 0.25) is 11.6 Å². The third-order valence-electron chi connectivity index (χ3n) is 14.3. The van der Waals surface area contributed by atoms with Gasteiger partial charge in [-0.2, -0.15) is 0 Å². The van der Waals surface area contributed by atoms with Crippen LogP contribution in [0.15, 0.2) is 101 Å². The van der Waals surface area contributed by atoms with Crippen LogP contribution in [0.4, 0.5) is 4.79 Å². The Labute approximate surface area is 372 Å². The zero-order valence-corrected chi connectivity index (χ0v) is 37.7. The molecule has 6 aliphatic rings. The van der Waals surface area contributed by atoms with E-state index in [1.807, 2.05) is 13.8 Å². The van der Waals surface area contributed by atoms with E-state index >= 15 is 0 Å². The molecule has 0 aromatic heterocycles. The second kappa shape index (κ2) is 19.9. The first-order chi connectivity index (χ1) is 30.2. The van der Waals surface area contributed by atoms with E-state index in [4.69, 9.17) is 19.9 Å². The molecule has 0 spiro atoms. The van der Waals surface area contributed by atoms with E-state index in [0.717, 1.165) is 24.3 Å². The maximum atomic E-state index is 14.5. The first-order valence-corrected chi connectivity index (χ1v) is 22.7. The van der Waals surface area contributed by atoms with Gasteiger partial charge in [-0.1, -0.05) is 74.5 Å². The summed E-state index contributed by atoms with van der Waals surface area (Å²) < 4.78 is 17.0. The van der Waals surface area contributed by atoms with Crippen molar-refractivity contribution in [3.63, 3.8) is 0 Å². The number of ketones is 2. The Bertz CT molecular complexity index is 2190. The highest BCUT2D eigenvalue weighted by molar-refractivity contribution is 6.23. The van der Waals surface area contributed by atoms with Crippen molar-refractivity contribution in [2.24, 2.45) is 35.3 Å². The number of hydrogen-bond acceptors (Lipinski definition) is 10. The number of fused-ring (bicyclic) bond motifs is 3. The smallest absolute Gasteiger partial charge is 0.405 e. The lowest BCUT2D eigenvalue weighted by molar-refractivity contribution is -0.120. The van der Waals surface area contributed by atoms with Gasteiger partial charge >= 0.3 is 6.09 Å². The molecule has 4 saturated carbocycles. The summed E-state index contributed by atoms with van der Waals surface area (Å²) >= 11 is 0. The summed E-state index contributed by atoms with van der Waals surface area (Å²) in [6.07, 6.45) is 11.6. The Balaban J connectivity index is 1.17. The van der Waals surface area contributed by atoms with Crippen LogP contribution in [0.2, 0.25) is 0 Å². The fourth-order valence-electron chi connectivity index (χ4n) is 11.6. The normalized spacial score (nSPS) is 33.9. The molecule has 1 aliphatic heterocycles. The molecule has 1 heterocycles. The molecule has 0 saturated heterocycles. The number of carbonyl (C=O) groups excluding carboxylic acids is 4. The van der Waals surface area contributed by atoms with E-state index in [1.165, 1.54) is 75.2 Å². The van der Waals surface area contributed by atoms with E-state index in [9.17, 15) is 24.3 Å². The fraction of sp³-hybridized carbons (Fsp3) is 0.529. The van der Waals surface area contributed by atoms with Gasteiger partial charge < -0.3 is 35.7 Å². The molecule has 4 fully saturated rings. The van der Waals surface area contributed by atoms with Crippen LogP contribution in [0.1, 0.15) is 84.6 Å². The summed E-state index contributed by atoms with van der Waals surface area (Å²) in [5.74, 6) is 0.216. The number of ether oxygens (including phenoxy) is 3. The van der Waals surface area contributed by atoms with Gasteiger partial charge in [-0.05, 0) is 117 Å². The average molecular weight is 863 g/mol. The van der Waals surface area contributed by atoms with Crippen molar-refractivity contribution in [3.8, 4) is 0 Å². The maximum absolute atomic E-state index is 14.5. The molecule has 5 N–H and O–H groups in total. The minimum atomic E-state index is -0.993. The molecule has 12 nitrogen and oxygen atoms in total. The molecule has 2 amide bonds. The predicted molar refractivity (Wildman–Crippen MR) is 243 cm³/mol. The number of nitrogens with one attached hydrogen (secondary N) is 2. The molecule has 0 radical (unpaired) electrons. The summed E-state index contributed by atoms with van der Waals surface area (Å²) in [5, 5.41) is 20.2. The number of nitrogens with two attached hydrogens (primary N) is 1. The van der Waals surface area contributed by atoms with Crippen molar-refractivity contribution in [2.45, 2.75) is 116 Å². The molecule has 2 aromatic carbocycles. The van der Waals surface area contributed by atoms with E-state index in [0.29, 0.717) is 30.7 Å². The quantitative estimate of drug-likeness (QED) is 0.145. The number of hydrogen-bond donors (Lipinski definition) is 4. The van der Waals surface area contributed by atoms with Crippen molar-refractivity contribution in [1.82, 2.24) is 15.5 Å². The van der Waals surface area contributed by atoms with Crippen molar-refractivity contribution < 1.29 is 38.5 Å². The first-order valence-electron chi connectivity index (χ1n) is 22.7. The number of allylic oxidation sites excluding steroid dienone is 4. The fourth-order valence-corrected chi connectivity index (χ4v) is 11.6. The van der Waals surface area contributed by atoms with Gasteiger partial charge in [0.15, 0.2) is 6.10 Å². The summed E-state index contributed by atoms with van der Waals surface area (Å²) in [4.78, 5) is 56.8. The molecule has 338 valence electrons. The van der Waals surface area contributed by atoms with Crippen molar-refractivity contribution in [2.75, 3.05) is 27.3 Å². The topological polar surface area (TPSA) is 170 Å². The molecule has 2 aromatic rings. The number of carbonyl (C=O) groups is 4. The van der Waals surface area contributed by atoms with Gasteiger partial charge in [0.1, 0.15) is 6.10 Å². The van der Waals surface area contributed by atoms with E-state index in [-0.39, 0.29) is 40.6 Å². The number of methoxy groups -OCH3 is 2. The Morgan fingerprint density at radius 1 is 0.952 bits per heavy atom. The summed E-state index contributed by atoms with van der Waals surface area (Å²) in [5.41, 5.74) is 8.11. The molecule has 6 atom stereocenters. The predicted octanol–water partition coefficient (Wildman–Crippen LogP) is 6.98. The third-order valence-corrected chi connectivity index (χ3v) is 14.3.